The minimum atomic E-state index is -0.341. The Morgan fingerprint density at radius 1 is 1.11 bits per heavy atom. The van der Waals surface area contributed by atoms with Crippen LogP contribution in [0.2, 0.25) is 0 Å². The van der Waals surface area contributed by atoms with Crippen LogP contribution in [0.1, 0.15) is 32.6 Å². The van der Waals surface area contributed by atoms with Crippen LogP contribution < -0.4 is 0 Å². The Morgan fingerprint density at radius 3 is 2.32 bits per heavy atom. The molecular formula is C15H30N2O2. The maximum Gasteiger partial charge on any atom is 0.0900 e. The zero-order valence-electron chi connectivity index (χ0n) is 12.6. The lowest BCUT2D eigenvalue weighted by molar-refractivity contribution is 0.0137. The molecule has 0 amide bonds. The van der Waals surface area contributed by atoms with Crippen molar-refractivity contribution in [3.8, 4) is 0 Å². The van der Waals surface area contributed by atoms with Crippen molar-refractivity contribution < 1.29 is 9.84 Å². The molecule has 0 aromatic heterocycles. The van der Waals surface area contributed by atoms with Crippen molar-refractivity contribution in [2.24, 2.45) is 5.92 Å². The van der Waals surface area contributed by atoms with Gasteiger partial charge in [-0.05, 0) is 31.6 Å². The molecule has 4 nitrogen and oxygen atoms in total. The highest BCUT2D eigenvalue weighted by molar-refractivity contribution is 4.82. The number of hydrogen-bond acceptors (Lipinski definition) is 4. The minimum Gasteiger partial charge on any atom is -0.389 e. The summed E-state index contributed by atoms with van der Waals surface area (Å²) >= 11 is 0. The van der Waals surface area contributed by atoms with Crippen LogP contribution in [0, 0.1) is 5.92 Å². The molecule has 0 spiro atoms. The van der Waals surface area contributed by atoms with Crippen molar-refractivity contribution in [3.63, 3.8) is 0 Å². The van der Waals surface area contributed by atoms with Gasteiger partial charge in [-0.1, -0.05) is 6.92 Å². The molecule has 1 N–H and O–H groups in total. The van der Waals surface area contributed by atoms with E-state index in [0.717, 1.165) is 31.6 Å². The Labute approximate surface area is 117 Å². The molecule has 2 rings (SSSR count). The van der Waals surface area contributed by atoms with Crippen LogP contribution in [0.15, 0.2) is 0 Å². The molecule has 2 aliphatic rings. The van der Waals surface area contributed by atoms with Gasteiger partial charge in [0.2, 0.25) is 0 Å². The number of β-amino-alcohol motifs (C(OH)–C–C–N with tert-alkyl or cyclic N) is 1. The fourth-order valence-corrected chi connectivity index (χ4v) is 3.46. The Hall–Kier alpha value is -0.160. The van der Waals surface area contributed by atoms with E-state index in [0.29, 0.717) is 6.61 Å². The Bertz CT molecular complexity index is 247. The Morgan fingerprint density at radius 2 is 1.74 bits per heavy atom. The average molecular weight is 270 g/mol. The monoisotopic (exact) mass is 270 g/mol. The largest absolute Gasteiger partial charge is 0.389 e. The van der Waals surface area contributed by atoms with Gasteiger partial charge in [0.15, 0.2) is 0 Å². The summed E-state index contributed by atoms with van der Waals surface area (Å²) in [5, 5.41) is 9.76. The number of methoxy groups -OCH3 is 1. The maximum absolute atomic E-state index is 9.76. The van der Waals surface area contributed by atoms with Crippen molar-refractivity contribution >= 4 is 0 Å². The van der Waals surface area contributed by atoms with Crippen molar-refractivity contribution in [1.29, 1.82) is 0 Å². The highest BCUT2D eigenvalue weighted by Crippen LogP contribution is 2.27. The number of aliphatic hydroxyl groups is 1. The van der Waals surface area contributed by atoms with Crippen LogP contribution in [0.4, 0.5) is 0 Å². The summed E-state index contributed by atoms with van der Waals surface area (Å²) in [6.45, 7) is 8.09. The van der Waals surface area contributed by atoms with Gasteiger partial charge in [-0.15, -0.1) is 0 Å². The zero-order chi connectivity index (χ0) is 13.7. The molecule has 0 bridgehead atoms. The van der Waals surface area contributed by atoms with E-state index in [2.05, 4.69) is 16.7 Å². The molecule has 0 aromatic carbocycles. The Balaban J connectivity index is 1.67. The third kappa shape index (κ3) is 4.71. The number of piperazine rings is 1. The summed E-state index contributed by atoms with van der Waals surface area (Å²) < 4.78 is 4.98. The van der Waals surface area contributed by atoms with Crippen LogP contribution in [0.3, 0.4) is 0 Å². The summed E-state index contributed by atoms with van der Waals surface area (Å²) in [5.41, 5.74) is 0. The van der Waals surface area contributed by atoms with E-state index in [1.807, 2.05) is 0 Å². The van der Waals surface area contributed by atoms with E-state index in [-0.39, 0.29) is 6.10 Å². The van der Waals surface area contributed by atoms with Crippen molar-refractivity contribution in [2.45, 2.75) is 44.8 Å². The lowest BCUT2D eigenvalue weighted by Gasteiger charge is -2.42. The number of aliphatic hydroxyl groups excluding tert-OH is 1. The van der Waals surface area contributed by atoms with E-state index < -0.39 is 0 Å². The highest BCUT2D eigenvalue weighted by atomic mass is 16.5. The smallest absolute Gasteiger partial charge is 0.0900 e. The third-order valence-corrected chi connectivity index (χ3v) is 4.74. The van der Waals surface area contributed by atoms with Crippen molar-refractivity contribution in [3.05, 3.63) is 0 Å². The maximum atomic E-state index is 9.76. The van der Waals surface area contributed by atoms with Crippen LogP contribution in [0.25, 0.3) is 0 Å². The zero-order valence-corrected chi connectivity index (χ0v) is 12.6. The predicted octanol–water partition coefficient (Wildman–Crippen LogP) is 1.19. The lowest BCUT2D eigenvalue weighted by atomic mass is 9.86. The average Bonchev–Trinajstić information content (AvgIpc) is 2.41. The van der Waals surface area contributed by atoms with Gasteiger partial charge in [0, 0.05) is 45.9 Å². The van der Waals surface area contributed by atoms with Gasteiger partial charge in [-0.3, -0.25) is 9.80 Å². The third-order valence-electron chi connectivity index (χ3n) is 4.74. The van der Waals surface area contributed by atoms with Gasteiger partial charge in [-0.25, -0.2) is 0 Å². The molecular weight excluding hydrogens is 240 g/mol. The van der Waals surface area contributed by atoms with Gasteiger partial charge in [0.1, 0.15) is 0 Å². The topological polar surface area (TPSA) is 35.9 Å². The Kier molecular flexibility index (Phi) is 6.07. The van der Waals surface area contributed by atoms with E-state index in [4.69, 9.17) is 4.74 Å². The van der Waals surface area contributed by atoms with Gasteiger partial charge in [0.05, 0.1) is 12.7 Å². The van der Waals surface area contributed by atoms with Crippen molar-refractivity contribution in [1.82, 2.24) is 9.80 Å². The number of rotatable bonds is 5. The fourth-order valence-electron chi connectivity index (χ4n) is 3.46. The molecule has 0 aromatic rings. The van der Waals surface area contributed by atoms with Gasteiger partial charge in [-0.2, -0.15) is 0 Å². The summed E-state index contributed by atoms with van der Waals surface area (Å²) in [5.74, 6) is 0.932. The molecule has 2 fully saturated rings. The summed E-state index contributed by atoms with van der Waals surface area (Å²) in [4.78, 5) is 5.04. The SMILES string of the molecule is COCC(O)CN1CCN(C2CCC(C)CC2)CC1. The van der Waals surface area contributed by atoms with Crippen LogP contribution in [-0.2, 0) is 4.74 Å². The first kappa shape index (κ1) is 15.2. The number of ether oxygens (including phenoxy) is 1. The number of hydrogen-bond donors (Lipinski definition) is 1. The lowest BCUT2D eigenvalue weighted by Crippen LogP contribution is -2.52. The quantitative estimate of drug-likeness (QED) is 0.814. The van der Waals surface area contributed by atoms with E-state index in [9.17, 15) is 5.11 Å². The van der Waals surface area contributed by atoms with Crippen LogP contribution in [0.5, 0.6) is 0 Å². The first-order valence-corrected chi connectivity index (χ1v) is 7.82. The molecule has 19 heavy (non-hydrogen) atoms. The second-order valence-corrected chi connectivity index (χ2v) is 6.36. The summed E-state index contributed by atoms with van der Waals surface area (Å²) in [7, 11) is 1.64. The fraction of sp³-hybridized carbons (Fsp3) is 1.00. The first-order chi connectivity index (χ1) is 9.19. The molecule has 4 heteroatoms. The van der Waals surface area contributed by atoms with E-state index >= 15 is 0 Å². The molecule has 1 saturated carbocycles. The van der Waals surface area contributed by atoms with E-state index in [1.165, 1.54) is 38.8 Å². The molecule has 1 aliphatic heterocycles. The highest BCUT2D eigenvalue weighted by Gasteiger charge is 2.27. The van der Waals surface area contributed by atoms with Crippen molar-refractivity contribution in [2.75, 3.05) is 46.4 Å². The molecule has 1 aliphatic carbocycles. The normalized spacial score (nSPS) is 32.4. The second kappa shape index (κ2) is 7.58. The van der Waals surface area contributed by atoms with Gasteiger partial charge < -0.3 is 9.84 Å². The van der Waals surface area contributed by atoms with Crippen LogP contribution >= 0.6 is 0 Å². The second-order valence-electron chi connectivity index (χ2n) is 6.36. The molecule has 1 unspecified atom stereocenters. The molecule has 1 saturated heterocycles. The molecule has 112 valence electrons. The van der Waals surface area contributed by atoms with Gasteiger partial charge >= 0.3 is 0 Å². The van der Waals surface area contributed by atoms with Crippen LogP contribution in [-0.4, -0.2) is 73.5 Å². The standard InChI is InChI=1S/C15H30N2O2/c1-13-3-5-14(6-4-13)17-9-7-16(8-10-17)11-15(18)12-19-2/h13-15,18H,3-12H2,1-2H3. The van der Waals surface area contributed by atoms with E-state index in [1.54, 1.807) is 7.11 Å². The molecule has 1 heterocycles. The molecule has 0 radical (unpaired) electrons. The first-order valence-electron chi connectivity index (χ1n) is 7.82. The van der Waals surface area contributed by atoms with Gasteiger partial charge in [0.25, 0.3) is 0 Å². The number of nitrogens with zero attached hydrogens (tertiary/aromatic N) is 2. The minimum absolute atomic E-state index is 0.341. The summed E-state index contributed by atoms with van der Waals surface area (Å²) in [6.07, 6.45) is 5.22. The summed E-state index contributed by atoms with van der Waals surface area (Å²) in [6, 6.07) is 0.822. The predicted molar refractivity (Wildman–Crippen MR) is 77.3 cm³/mol. The molecule has 1 atom stereocenters.